The summed E-state index contributed by atoms with van der Waals surface area (Å²) in [4.78, 5) is 18.3. The van der Waals surface area contributed by atoms with Crippen molar-refractivity contribution < 1.29 is 22.7 Å². The van der Waals surface area contributed by atoms with E-state index in [-0.39, 0.29) is 18.6 Å². The van der Waals surface area contributed by atoms with Gasteiger partial charge in [0.05, 0.1) is 19.7 Å². The van der Waals surface area contributed by atoms with Crippen molar-refractivity contribution in [2.75, 3.05) is 39.8 Å². The van der Waals surface area contributed by atoms with Gasteiger partial charge in [-0.3, -0.25) is 9.69 Å². The first-order valence-electron chi connectivity index (χ1n) is 10.5. The average molecular weight is 444 g/mol. The van der Waals surface area contributed by atoms with E-state index in [9.17, 15) is 18.0 Å². The number of amides is 1. The molecule has 0 aliphatic carbocycles. The second-order valence-electron chi connectivity index (χ2n) is 7.49. The Bertz CT molecular complexity index is 719. The summed E-state index contributed by atoms with van der Waals surface area (Å²) in [5.74, 6) is 0.721. The summed E-state index contributed by atoms with van der Waals surface area (Å²) in [7, 11) is 1.64. The minimum Gasteiger partial charge on any atom is -0.367 e. The molecular formula is C21H32F3N5O2. The largest absolute Gasteiger partial charge is 0.411 e. The van der Waals surface area contributed by atoms with Crippen molar-refractivity contribution in [2.45, 2.75) is 45.1 Å². The zero-order valence-corrected chi connectivity index (χ0v) is 18.1. The lowest BCUT2D eigenvalue weighted by molar-refractivity contribution is -0.176. The zero-order valence-electron chi connectivity index (χ0n) is 18.1. The molecule has 0 radical (unpaired) electrons. The molecule has 174 valence electrons. The van der Waals surface area contributed by atoms with Gasteiger partial charge in [0, 0.05) is 32.7 Å². The van der Waals surface area contributed by atoms with Crippen molar-refractivity contribution >= 4 is 11.9 Å². The Morgan fingerprint density at radius 2 is 1.97 bits per heavy atom. The van der Waals surface area contributed by atoms with Gasteiger partial charge in [-0.25, -0.2) is 4.99 Å². The minimum atomic E-state index is -4.33. The quantitative estimate of drug-likeness (QED) is 0.402. The topological polar surface area (TPSA) is 78.0 Å². The van der Waals surface area contributed by atoms with Gasteiger partial charge in [-0.05, 0) is 30.9 Å². The third kappa shape index (κ3) is 10.0. The fourth-order valence-corrected chi connectivity index (χ4v) is 3.30. The van der Waals surface area contributed by atoms with E-state index in [2.05, 4.69) is 25.8 Å². The first-order valence-corrected chi connectivity index (χ1v) is 10.5. The van der Waals surface area contributed by atoms with Gasteiger partial charge >= 0.3 is 6.18 Å². The number of likely N-dealkylation sites (N-methyl/N-ethyl adjacent to an activating group) is 1. The van der Waals surface area contributed by atoms with Gasteiger partial charge in [0.15, 0.2) is 5.96 Å². The highest BCUT2D eigenvalue weighted by Crippen LogP contribution is 2.16. The molecule has 10 heteroatoms. The Labute approximate surface area is 181 Å². The van der Waals surface area contributed by atoms with E-state index in [1.54, 1.807) is 25.2 Å². The number of aliphatic imine (C=N–C) groups is 1. The first kappa shape index (κ1) is 24.9. The van der Waals surface area contributed by atoms with Crippen LogP contribution in [0.5, 0.6) is 0 Å². The van der Waals surface area contributed by atoms with Crippen LogP contribution in [0.25, 0.3) is 0 Å². The lowest BCUT2D eigenvalue weighted by atomic mass is 10.1. The Morgan fingerprint density at radius 3 is 2.61 bits per heavy atom. The maximum absolute atomic E-state index is 12.2. The first-order chi connectivity index (χ1) is 14.8. The molecule has 0 aromatic heterocycles. The van der Waals surface area contributed by atoms with Gasteiger partial charge in [-0.2, -0.15) is 13.2 Å². The molecule has 0 spiro atoms. The summed E-state index contributed by atoms with van der Waals surface area (Å²) in [6.07, 6.45) is -2.51. The Hall–Kier alpha value is -2.33. The number of guanidine groups is 1. The predicted octanol–water partition coefficient (Wildman–Crippen LogP) is 2.03. The van der Waals surface area contributed by atoms with Crippen LogP contribution in [-0.2, 0) is 22.7 Å². The molecule has 3 N–H and O–H groups in total. The van der Waals surface area contributed by atoms with Crippen LogP contribution < -0.4 is 16.0 Å². The number of ether oxygens (including phenoxy) is 1. The lowest BCUT2D eigenvalue weighted by Gasteiger charge is -2.32. The van der Waals surface area contributed by atoms with Crippen LogP contribution in [0.4, 0.5) is 13.2 Å². The van der Waals surface area contributed by atoms with Gasteiger partial charge in [0.25, 0.3) is 0 Å². The number of likely N-dealkylation sites (tertiary alicyclic amines) is 1. The fraction of sp³-hybridized carbons (Fsp3) is 0.619. The Balaban J connectivity index is 1.86. The normalized spacial score (nSPS) is 16.2. The van der Waals surface area contributed by atoms with Gasteiger partial charge in [0.1, 0.15) is 6.61 Å². The van der Waals surface area contributed by atoms with E-state index >= 15 is 0 Å². The summed E-state index contributed by atoms with van der Waals surface area (Å²) in [6.45, 7) is 3.84. The number of benzene rings is 1. The van der Waals surface area contributed by atoms with Crippen molar-refractivity contribution in [1.29, 1.82) is 0 Å². The minimum absolute atomic E-state index is 0.0207. The van der Waals surface area contributed by atoms with Crippen LogP contribution in [0.2, 0.25) is 0 Å². The number of alkyl halides is 3. The standard InChI is InChI=1S/C21H32F3N5O2/c1-3-26-20(28-18-7-9-29(10-8-18)13-19(30)25-2)27-12-16-5-4-6-17(11-16)14-31-15-21(22,23)24/h4-6,11,18H,3,7-10,12-15H2,1-2H3,(H,25,30)(H2,26,27,28). The molecule has 0 saturated carbocycles. The van der Waals surface area contributed by atoms with Gasteiger partial charge in [-0.15, -0.1) is 0 Å². The molecule has 0 unspecified atom stereocenters. The van der Waals surface area contributed by atoms with Gasteiger partial charge in [-0.1, -0.05) is 24.3 Å². The van der Waals surface area contributed by atoms with E-state index in [0.29, 0.717) is 31.2 Å². The molecule has 1 amide bonds. The van der Waals surface area contributed by atoms with Crippen LogP contribution in [0.15, 0.2) is 29.3 Å². The fourth-order valence-electron chi connectivity index (χ4n) is 3.30. The summed E-state index contributed by atoms with van der Waals surface area (Å²) < 4.78 is 41.4. The number of rotatable bonds is 9. The summed E-state index contributed by atoms with van der Waals surface area (Å²) >= 11 is 0. The molecule has 2 rings (SSSR count). The summed E-state index contributed by atoms with van der Waals surface area (Å²) in [6, 6.07) is 7.48. The molecular weight excluding hydrogens is 411 g/mol. The van der Waals surface area contributed by atoms with Crippen molar-refractivity contribution in [2.24, 2.45) is 4.99 Å². The van der Waals surface area contributed by atoms with Crippen molar-refractivity contribution in [3.63, 3.8) is 0 Å². The van der Waals surface area contributed by atoms with Crippen LogP contribution in [0.1, 0.15) is 30.9 Å². The number of halogens is 3. The number of piperidine rings is 1. The summed E-state index contributed by atoms with van der Waals surface area (Å²) in [5.41, 5.74) is 1.57. The van der Waals surface area contributed by atoms with Crippen molar-refractivity contribution in [1.82, 2.24) is 20.9 Å². The molecule has 1 fully saturated rings. The van der Waals surface area contributed by atoms with Crippen molar-refractivity contribution in [3.8, 4) is 0 Å². The Morgan fingerprint density at radius 1 is 1.26 bits per heavy atom. The molecule has 7 nitrogen and oxygen atoms in total. The van der Waals surface area contributed by atoms with Crippen LogP contribution in [0, 0.1) is 0 Å². The predicted molar refractivity (Wildman–Crippen MR) is 114 cm³/mol. The third-order valence-electron chi connectivity index (χ3n) is 4.86. The third-order valence-corrected chi connectivity index (χ3v) is 4.86. The molecule has 1 heterocycles. The highest BCUT2D eigenvalue weighted by molar-refractivity contribution is 5.80. The zero-order chi connectivity index (χ0) is 22.7. The summed E-state index contributed by atoms with van der Waals surface area (Å²) in [5, 5.41) is 9.32. The number of carbonyl (C=O) groups is 1. The van der Waals surface area contributed by atoms with E-state index < -0.39 is 12.8 Å². The molecule has 1 aliphatic heterocycles. The highest BCUT2D eigenvalue weighted by atomic mass is 19.4. The van der Waals surface area contributed by atoms with Gasteiger partial charge < -0.3 is 20.7 Å². The number of nitrogens with one attached hydrogen (secondary N) is 3. The van der Waals surface area contributed by atoms with E-state index in [4.69, 9.17) is 4.74 Å². The molecule has 1 aromatic carbocycles. The maximum atomic E-state index is 12.2. The number of hydrogen-bond acceptors (Lipinski definition) is 4. The average Bonchev–Trinajstić information content (AvgIpc) is 2.73. The molecule has 1 aromatic rings. The van der Waals surface area contributed by atoms with E-state index in [1.807, 2.05) is 13.0 Å². The number of nitrogens with zero attached hydrogens (tertiary/aromatic N) is 2. The monoisotopic (exact) mass is 443 g/mol. The van der Waals surface area contributed by atoms with Crippen molar-refractivity contribution in [3.05, 3.63) is 35.4 Å². The number of carbonyl (C=O) groups excluding carboxylic acids is 1. The van der Waals surface area contributed by atoms with E-state index in [0.717, 1.165) is 31.5 Å². The van der Waals surface area contributed by atoms with E-state index in [1.165, 1.54) is 0 Å². The maximum Gasteiger partial charge on any atom is 0.411 e. The number of hydrogen-bond donors (Lipinski definition) is 3. The molecule has 1 saturated heterocycles. The molecule has 0 atom stereocenters. The smallest absolute Gasteiger partial charge is 0.367 e. The highest BCUT2D eigenvalue weighted by Gasteiger charge is 2.27. The molecule has 1 aliphatic rings. The van der Waals surface area contributed by atoms with Gasteiger partial charge in [0.2, 0.25) is 5.91 Å². The van der Waals surface area contributed by atoms with Crippen LogP contribution in [0.3, 0.4) is 0 Å². The molecule has 0 bridgehead atoms. The molecule has 31 heavy (non-hydrogen) atoms. The van der Waals surface area contributed by atoms with Crippen LogP contribution in [-0.4, -0.2) is 68.8 Å². The SMILES string of the molecule is CCNC(=NCc1cccc(COCC(F)(F)F)c1)NC1CCN(CC(=O)NC)CC1. The van der Waals surface area contributed by atoms with Crippen LogP contribution >= 0.6 is 0 Å². The Kier molecular flexibility index (Phi) is 10.1. The second kappa shape index (κ2) is 12.5. The lowest BCUT2D eigenvalue weighted by Crippen LogP contribution is -2.50. The second-order valence-corrected chi connectivity index (χ2v) is 7.49.